The number of carbonyl (C=O) groups is 2. The summed E-state index contributed by atoms with van der Waals surface area (Å²) in [7, 11) is 0. The Bertz CT molecular complexity index is 606. The molecule has 1 N–H and O–H groups in total. The summed E-state index contributed by atoms with van der Waals surface area (Å²) in [6.07, 6.45) is 7.99. The van der Waals surface area contributed by atoms with Crippen LogP contribution < -0.4 is 5.32 Å². The highest BCUT2D eigenvalue weighted by molar-refractivity contribution is 5.96. The van der Waals surface area contributed by atoms with Crippen molar-refractivity contribution in [3.8, 4) is 0 Å². The lowest BCUT2D eigenvalue weighted by atomic mass is 9.97. The molecule has 5 nitrogen and oxygen atoms in total. The summed E-state index contributed by atoms with van der Waals surface area (Å²) in [6.45, 7) is 5.72. The summed E-state index contributed by atoms with van der Waals surface area (Å²) in [4.78, 5) is 30.5. The molecule has 130 valence electrons. The van der Waals surface area contributed by atoms with Crippen LogP contribution in [0.2, 0.25) is 0 Å². The molecule has 5 heteroatoms. The number of aromatic nitrogens is 1. The van der Waals surface area contributed by atoms with Gasteiger partial charge in [-0.3, -0.25) is 9.59 Å². The van der Waals surface area contributed by atoms with Crippen LogP contribution in [0.1, 0.15) is 66.9 Å². The molecule has 1 aromatic heterocycles. The van der Waals surface area contributed by atoms with Gasteiger partial charge in [-0.15, -0.1) is 0 Å². The average molecular weight is 329 g/mol. The first-order chi connectivity index (χ1) is 11.7. The van der Waals surface area contributed by atoms with Crippen molar-refractivity contribution in [2.75, 3.05) is 19.6 Å². The van der Waals surface area contributed by atoms with Crippen molar-refractivity contribution in [2.45, 2.75) is 46.0 Å². The van der Waals surface area contributed by atoms with Crippen LogP contribution in [0, 0.1) is 0 Å². The van der Waals surface area contributed by atoms with E-state index >= 15 is 0 Å². The highest BCUT2D eigenvalue weighted by atomic mass is 16.2. The van der Waals surface area contributed by atoms with Crippen LogP contribution >= 0.6 is 0 Å². The molecule has 0 unspecified atom stereocenters. The standard InChI is InChI=1S/C19H27N3O2/c1-3-22(4-2)19(24)17-12-8-11-16(21-17)18(23)20-14-13-15-9-6-5-7-10-15/h8-9,11-12H,3-7,10,13-14H2,1-2H3,(H,20,23). The predicted octanol–water partition coefficient (Wildman–Crippen LogP) is 3.18. The van der Waals surface area contributed by atoms with E-state index < -0.39 is 0 Å². The average Bonchev–Trinajstić information content (AvgIpc) is 2.63. The van der Waals surface area contributed by atoms with Crippen molar-refractivity contribution in [1.29, 1.82) is 0 Å². The molecule has 1 aliphatic rings. The van der Waals surface area contributed by atoms with E-state index in [0.29, 0.717) is 31.0 Å². The summed E-state index contributed by atoms with van der Waals surface area (Å²) in [5.41, 5.74) is 2.05. The van der Waals surface area contributed by atoms with Gasteiger partial charge >= 0.3 is 0 Å². The molecule has 1 aromatic rings. The van der Waals surface area contributed by atoms with E-state index in [0.717, 1.165) is 19.3 Å². The molecular formula is C19H27N3O2. The van der Waals surface area contributed by atoms with E-state index in [4.69, 9.17) is 0 Å². The van der Waals surface area contributed by atoms with Crippen molar-refractivity contribution in [3.63, 3.8) is 0 Å². The second kappa shape index (κ2) is 9.21. The zero-order valence-electron chi connectivity index (χ0n) is 14.7. The fourth-order valence-corrected chi connectivity index (χ4v) is 2.91. The molecule has 2 rings (SSSR count). The van der Waals surface area contributed by atoms with Crippen LogP contribution in [0.5, 0.6) is 0 Å². The summed E-state index contributed by atoms with van der Waals surface area (Å²) in [6, 6.07) is 5.01. The van der Waals surface area contributed by atoms with Crippen molar-refractivity contribution in [3.05, 3.63) is 41.2 Å². The first kappa shape index (κ1) is 18.2. The zero-order valence-corrected chi connectivity index (χ0v) is 14.7. The highest BCUT2D eigenvalue weighted by Gasteiger charge is 2.16. The molecule has 0 spiro atoms. The Balaban J connectivity index is 1.93. The molecule has 0 saturated heterocycles. The molecular weight excluding hydrogens is 302 g/mol. The molecule has 1 aliphatic carbocycles. The topological polar surface area (TPSA) is 62.3 Å². The number of carbonyl (C=O) groups excluding carboxylic acids is 2. The maximum atomic E-state index is 12.3. The number of nitrogens with zero attached hydrogens (tertiary/aromatic N) is 2. The molecule has 0 bridgehead atoms. The smallest absolute Gasteiger partial charge is 0.272 e. The lowest BCUT2D eigenvalue weighted by Crippen LogP contribution is -2.32. The second-order valence-corrected chi connectivity index (χ2v) is 6.00. The Morgan fingerprint density at radius 3 is 2.58 bits per heavy atom. The van der Waals surface area contributed by atoms with Crippen LogP contribution in [0.25, 0.3) is 0 Å². The number of allylic oxidation sites excluding steroid dienone is 1. The minimum Gasteiger partial charge on any atom is -0.350 e. The molecule has 0 aliphatic heterocycles. The first-order valence-electron chi connectivity index (χ1n) is 8.88. The van der Waals surface area contributed by atoms with Crippen LogP contribution in [0.3, 0.4) is 0 Å². The molecule has 0 aromatic carbocycles. The van der Waals surface area contributed by atoms with Crippen molar-refractivity contribution in [2.24, 2.45) is 0 Å². The van der Waals surface area contributed by atoms with E-state index in [1.54, 1.807) is 23.1 Å². The van der Waals surface area contributed by atoms with Crippen molar-refractivity contribution in [1.82, 2.24) is 15.2 Å². The van der Waals surface area contributed by atoms with Crippen LogP contribution in [-0.4, -0.2) is 41.3 Å². The molecule has 0 atom stereocenters. The largest absolute Gasteiger partial charge is 0.350 e. The maximum absolute atomic E-state index is 12.3. The van der Waals surface area contributed by atoms with Crippen LogP contribution in [-0.2, 0) is 0 Å². The molecule has 2 amide bonds. The molecule has 1 heterocycles. The van der Waals surface area contributed by atoms with Gasteiger partial charge in [0.25, 0.3) is 11.8 Å². The van der Waals surface area contributed by atoms with Gasteiger partial charge in [-0.1, -0.05) is 17.7 Å². The summed E-state index contributed by atoms with van der Waals surface area (Å²) in [5, 5.41) is 2.90. The van der Waals surface area contributed by atoms with Crippen molar-refractivity contribution < 1.29 is 9.59 Å². The van der Waals surface area contributed by atoms with Gasteiger partial charge in [-0.2, -0.15) is 0 Å². The number of hydrogen-bond acceptors (Lipinski definition) is 3. The fraction of sp³-hybridized carbons (Fsp3) is 0.526. The first-order valence-corrected chi connectivity index (χ1v) is 8.88. The number of rotatable bonds is 7. The summed E-state index contributed by atoms with van der Waals surface area (Å²) >= 11 is 0. The Morgan fingerprint density at radius 2 is 1.92 bits per heavy atom. The quantitative estimate of drug-likeness (QED) is 0.782. The SMILES string of the molecule is CCN(CC)C(=O)c1cccc(C(=O)NCCC2=CCCCC2)n1. The van der Waals surface area contributed by atoms with E-state index in [-0.39, 0.29) is 11.8 Å². The van der Waals surface area contributed by atoms with Crippen LogP contribution in [0.4, 0.5) is 0 Å². The number of pyridine rings is 1. The molecule has 0 fully saturated rings. The molecule has 24 heavy (non-hydrogen) atoms. The fourth-order valence-electron chi connectivity index (χ4n) is 2.91. The minimum atomic E-state index is -0.222. The van der Waals surface area contributed by atoms with Gasteiger partial charge in [-0.05, 0) is 58.1 Å². The van der Waals surface area contributed by atoms with Gasteiger partial charge in [0.05, 0.1) is 0 Å². The van der Waals surface area contributed by atoms with E-state index in [2.05, 4.69) is 16.4 Å². The van der Waals surface area contributed by atoms with Crippen LogP contribution in [0.15, 0.2) is 29.8 Å². The second-order valence-electron chi connectivity index (χ2n) is 6.00. The third kappa shape index (κ3) is 4.91. The third-order valence-electron chi connectivity index (χ3n) is 4.37. The van der Waals surface area contributed by atoms with Gasteiger partial charge in [-0.25, -0.2) is 4.98 Å². The minimum absolute atomic E-state index is 0.137. The molecule has 0 saturated carbocycles. The number of amides is 2. The van der Waals surface area contributed by atoms with Gasteiger partial charge in [0.1, 0.15) is 11.4 Å². The van der Waals surface area contributed by atoms with Gasteiger partial charge in [0.15, 0.2) is 0 Å². The number of hydrogen-bond donors (Lipinski definition) is 1. The van der Waals surface area contributed by atoms with Gasteiger partial charge in [0, 0.05) is 19.6 Å². The zero-order chi connectivity index (χ0) is 17.4. The lowest BCUT2D eigenvalue weighted by Gasteiger charge is -2.18. The van der Waals surface area contributed by atoms with Gasteiger partial charge < -0.3 is 10.2 Å². The third-order valence-corrected chi connectivity index (χ3v) is 4.37. The Kier molecular flexibility index (Phi) is 6.97. The van der Waals surface area contributed by atoms with Gasteiger partial charge in [0.2, 0.25) is 0 Å². The monoisotopic (exact) mass is 329 g/mol. The van der Waals surface area contributed by atoms with E-state index in [1.807, 2.05) is 13.8 Å². The Labute approximate surface area is 144 Å². The summed E-state index contributed by atoms with van der Waals surface area (Å²) in [5.74, 6) is -0.359. The predicted molar refractivity (Wildman–Crippen MR) is 95.0 cm³/mol. The Morgan fingerprint density at radius 1 is 1.17 bits per heavy atom. The lowest BCUT2D eigenvalue weighted by molar-refractivity contribution is 0.0767. The number of nitrogens with one attached hydrogen (secondary N) is 1. The maximum Gasteiger partial charge on any atom is 0.272 e. The normalized spacial score (nSPS) is 14.0. The van der Waals surface area contributed by atoms with Crippen molar-refractivity contribution >= 4 is 11.8 Å². The van der Waals surface area contributed by atoms with E-state index in [1.165, 1.54) is 18.4 Å². The Hall–Kier alpha value is -2.17. The summed E-state index contributed by atoms with van der Waals surface area (Å²) < 4.78 is 0. The van der Waals surface area contributed by atoms with E-state index in [9.17, 15) is 9.59 Å². The molecule has 0 radical (unpaired) electrons. The highest BCUT2D eigenvalue weighted by Crippen LogP contribution is 2.19.